The lowest BCUT2D eigenvalue weighted by Crippen LogP contribution is -2.21. The quantitative estimate of drug-likeness (QED) is 0.272. The molecule has 4 aromatic rings. The second-order valence-corrected chi connectivity index (χ2v) is 8.62. The molecule has 0 aliphatic heterocycles. The predicted octanol–water partition coefficient (Wildman–Crippen LogP) is 7.60. The van der Waals surface area contributed by atoms with Crippen LogP contribution in [0.15, 0.2) is 109 Å². The van der Waals surface area contributed by atoms with E-state index in [4.69, 9.17) is 4.52 Å². The van der Waals surface area contributed by atoms with Gasteiger partial charge in [0.1, 0.15) is 20.5 Å². The summed E-state index contributed by atoms with van der Waals surface area (Å²) >= 11 is 0. The third-order valence-electron chi connectivity index (χ3n) is 5.50. The molecular weight excluding hydrogens is 413 g/mol. The number of phenolic OH excluding ortho intramolecular Hbond substituents is 1. The SMILES string of the molecule is CCC(c1ccccc1)N(Cc1ccccc1)POc1ccccc1-c1ccccc1O. The number of hydrogen-bond donors (Lipinski definition) is 1. The maximum absolute atomic E-state index is 10.4. The van der Waals surface area contributed by atoms with Gasteiger partial charge in [-0.3, -0.25) is 0 Å². The van der Waals surface area contributed by atoms with E-state index in [1.54, 1.807) is 6.07 Å². The molecule has 1 N–H and O–H groups in total. The van der Waals surface area contributed by atoms with Gasteiger partial charge in [-0.1, -0.05) is 104 Å². The first-order valence-electron chi connectivity index (χ1n) is 10.9. The van der Waals surface area contributed by atoms with Crippen molar-refractivity contribution in [3.63, 3.8) is 0 Å². The molecule has 3 nitrogen and oxygen atoms in total. The smallest absolute Gasteiger partial charge is 0.150 e. The van der Waals surface area contributed by atoms with Gasteiger partial charge in [-0.05, 0) is 29.7 Å². The fraction of sp³-hybridized carbons (Fsp3) is 0.143. The van der Waals surface area contributed by atoms with E-state index in [-0.39, 0.29) is 20.7 Å². The Bertz CT molecular complexity index is 1120. The average Bonchev–Trinajstić information content (AvgIpc) is 2.85. The fourth-order valence-electron chi connectivity index (χ4n) is 3.88. The molecule has 4 rings (SSSR count). The number of phenols is 1. The first-order chi connectivity index (χ1) is 15.8. The third kappa shape index (κ3) is 5.37. The summed E-state index contributed by atoms with van der Waals surface area (Å²) in [4.78, 5) is 0. The zero-order valence-corrected chi connectivity index (χ0v) is 19.2. The van der Waals surface area contributed by atoms with E-state index in [0.29, 0.717) is 0 Å². The van der Waals surface area contributed by atoms with Crippen molar-refractivity contribution in [3.8, 4) is 22.6 Å². The molecule has 0 heterocycles. The highest BCUT2D eigenvalue weighted by molar-refractivity contribution is 7.29. The monoisotopic (exact) mass is 441 g/mol. The van der Waals surface area contributed by atoms with Gasteiger partial charge in [0.15, 0.2) is 0 Å². The minimum absolute atomic E-state index is 0.129. The third-order valence-corrected chi connectivity index (χ3v) is 6.51. The Labute approximate surface area is 192 Å². The summed E-state index contributed by atoms with van der Waals surface area (Å²) in [6, 6.07) is 36.7. The van der Waals surface area contributed by atoms with Crippen LogP contribution in [0, 0.1) is 0 Å². The van der Waals surface area contributed by atoms with Crippen LogP contribution in [0.25, 0.3) is 11.1 Å². The molecule has 0 saturated carbocycles. The van der Waals surface area contributed by atoms with Crippen molar-refractivity contribution in [2.45, 2.75) is 25.9 Å². The van der Waals surface area contributed by atoms with Gasteiger partial charge in [-0.25, -0.2) is 4.67 Å². The van der Waals surface area contributed by atoms with Crippen molar-refractivity contribution in [2.75, 3.05) is 0 Å². The number of hydrogen-bond acceptors (Lipinski definition) is 3. The van der Waals surface area contributed by atoms with Crippen LogP contribution in [-0.2, 0) is 6.54 Å². The molecule has 2 atom stereocenters. The van der Waals surface area contributed by atoms with E-state index in [1.165, 1.54) is 11.1 Å². The highest BCUT2D eigenvalue weighted by Crippen LogP contribution is 2.41. The molecule has 4 heteroatoms. The van der Waals surface area contributed by atoms with Crippen LogP contribution < -0.4 is 4.52 Å². The number of para-hydroxylation sites is 2. The zero-order chi connectivity index (χ0) is 22.2. The maximum atomic E-state index is 10.4. The largest absolute Gasteiger partial charge is 0.507 e. The molecular formula is C28H28NO2P. The van der Waals surface area contributed by atoms with E-state index in [9.17, 15) is 5.11 Å². The first-order valence-corrected chi connectivity index (χ1v) is 11.8. The Kier molecular flexibility index (Phi) is 7.55. The van der Waals surface area contributed by atoms with Gasteiger partial charge >= 0.3 is 0 Å². The predicted molar refractivity (Wildman–Crippen MR) is 134 cm³/mol. The molecule has 0 spiro atoms. The van der Waals surface area contributed by atoms with Crippen molar-refractivity contribution in [2.24, 2.45) is 0 Å². The summed E-state index contributed by atoms with van der Waals surface area (Å²) in [5.41, 5.74) is 4.21. The number of aromatic hydroxyl groups is 1. The Morgan fingerprint density at radius 1 is 0.750 bits per heavy atom. The summed E-state index contributed by atoms with van der Waals surface area (Å²) in [5.74, 6) is 1.03. The van der Waals surface area contributed by atoms with Crippen LogP contribution >= 0.6 is 8.96 Å². The second kappa shape index (κ2) is 10.9. The Balaban J connectivity index is 1.62. The van der Waals surface area contributed by atoms with E-state index in [2.05, 4.69) is 66.2 Å². The summed E-state index contributed by atoms with van der Waals surface area (Å²) in [5, 5.41) is 10.4. The molecule has 0 amide bonds. The lowest BCUT2D eigenvalue weighted by atomic mass is 10.0. The van der Waals surface area contributed by atoms with Crippen molar-refractivity contribution in [3.05, 3.63) is 120 Å². The summed E-state index contributed by atoms with van der Waals surface area (Å²) in [6.45, 7) is 3.02. The molecule has 0 bridgehead atoms. The molecule has 162 valence electrons. The van der Waals surface area contributed by atoms with Crippen LogP contribution in [-0.4, -0.2) is 9.78 Å². The van der Waals surface area contributed by atoms with Crippen molar-refractivity contribution in [1.82, 2.24) is 4.67 Å². The Morgan fingerprint density at radius 3 is 2.03 bits per heavy atom. The summed E-state index contributed by atoms with van der Waals surface area (Å²) < 4.78 is 8.82. The zero-order valence-electron chi connectivity index (χ0n) is 18.2. The van der Waals surface area contributed by atoms with Gasteiger partial charge < -0.3 is 9.63 Å². The number of benzene rings is 4. The molecule has 0 aliphatic carbocycles. The highest BCUT2D eigenvalue weighted by Gasteiger charge is 2.21. The lowest BCUT2D eigenvalue weighted by molar-refractivity contribution is 0.317. The molecule has 0 aliphatic rings. The topological polar surface area (TPSA) is 32.7 Å². The first kappa shape index (κ1) is 22.1. The maximum Gasteiger partial charge on any atom is 0.150 e. The van der Waals surface area contributed by atoms with Crippen LogP contribution in [0.5, 0.6) is 11.5 Å². The average molecular weight is 442 g/mol. The van der Waals surface area contributed by atoms with E-state index in [1.807, 2.05) is 48.5 Å². The molecule has 0 fully saturated rings. The van der Waals surface area contributed by atoms with Gasteiger partial charge in [0.2, 0.25) is 0 Å². The summed E-state index contributed by atoms with van der Waals surface area (Å²) in [7, 11) is 0.129. The standard InChI is InChI=1S/C28H28NO2P/c1-2-26(23-15-7-4-8-16-23)29(21-22-13-5-3-6-14-22)32-31-28-20-12-10-18-25(28)24-17-9-11-19-27(24)30/h3-20,26,30,32H,2,21H2,1H3. The second-order valence-electron chi connectivity index (χ2n) is 7.65. The normalized spacial score (nSPS) is 12.3. The van der Waals surface area contributed by atoms with Gasteiger partial charge in [-0.2, -0.15) is 0 Å². The molecule has 32 heavy (non-hydrogen) atoms. The van der Waals surface area contributed by atoms with Gasteiger partial charge in [0.05, 0.1) is 0 Å². The van der Waals surface area contributed by atoms with Crippen molar-refractivity contribution < 1.29 is 9.63 Å². The molecule has 2 unspecified atom stereocenters. The highest BCUT2D eigenvalue weighted by atomic mass is 31.1. The van der Waals surface area contributed by atoms with Gasteiger partial charge in [-0.15, -0.1) is 0 Å². The lowest BCUT2D eigenvalue weighted by Gasteiger charge is -2.31. The van der Waals surface area contributed by atoms with Gasteiger partial charge in [0.25, 0.3) is 0 Å². The molecule has 0 radical (unpaired) electrons. The van der Waals surface area contributed by atoms with Crippen molar-refractivity contribution in [1.29, 1.82) is 0 Å². The Hall–Kier alpha value is -3.13. The number of nitrogens with zero attached hydrogens (tertiary/aromatic N) is 1. The van der Waals surface area contributed by atoms with Crippen LogP contribution in [0.4, 0.5) is 0 Å². The fourth-order valence-corrected chi connectivity index (χ4v) is 4.98. The van der Waals surface area contributed by atoms with Crippen molar-refractivity contribution >= 4 is 8.96 Å². The van der Waals surface area contributed by atoms with E-state index in [0.717, 1.165) is 29.8 Å². The molecule has 4 aromatic carbocycles. The van der Waals surface area contributed by atoms with Crippen LogP contribution in [0.1, 0.15) is 30.5 Å². The van der Waals surface area contributed by atoms with Crippen LogP contribution in [0.3, 0.4) is 0 Å². The van der Waals surface area contributed by atoms with Crippen LogP contribution in [0.2, 0.25) is 0 Å². The summed E-state index contributed by atoms with van der Waals surface area (Å²) in [6.07, 6.45) is 0.980. The number of rotatable bonds is 9. The molecule has 0 saturated heterocycles. The molecule has 0 aromatic heterocycles. The Morgan fingerprint density at radius 2 is 1.34 bits per heavy atom. The minimum atomic E-state index is 0.129. The van der Waals surface area contributed by atoms with E-state index >= 15 is 0 Å². The minimum Gasteiger partial charge on any atom is -0.507 e. The van der Waals surface area contributed by atoms with E-state index < -0.39 is 0 Å². The van der Waals surface area contributed by atoms with Gasteiger partial charge in [0, 0.05) is 23.7 Å².